The van der Waals surface area contributed by atoms with Gasteiger partial charge in [-0.25, -0.2) is 9.10 Å². The molecular formula is C20H22N5NaO8S2. The van der Waals surface area contributed by atoms with Gasteiger partial charge < -0.3 is 15.5 Å². The molecule has 2 aromatic rings. The summed E-state index contributed by atoms with van der Waals surface area (Å²) in [5.41, 5.74) is 0.390. The fourth-order valence-electron chi connectivity index (χ4n) is 3.84. The molecule has 0 bridgehead atoms. The third kappa shape index (κ3) is 5.26. The Morgan fingerprint density at radius 3 is 2.50 bits per heavy atom. The number of imide groups is 1. The van der Waals surface area contributed by atoms with Crippen LogP contribution in [0.15, 0.2) is 29.6 Å². The summed E-state index contributed by atoms with van der Waals surface area (Å²) < 4.78 is 32.4. The molecule has 3 N–H and O–H groups in total. The summed E-state index contributed by atoms with van der Waals surface area (Å²) >= 11 is 1.31. The van der Waals surface area contributed by atoms with Gasteiger partial charge in [-0.15, -0.1) is 11.3 Å². The van der Waals surface area contributed by atoms with Gasteiger partial charge in [0.05, 0.1) is 6.54 Å². The average Bonchev–Trinajstić information content (AvgIpc) is 3.24. The second-order valence-corrected chi connectivity index (χ2v) is 10.1. The molecule has 6 amide bonds. The van der Waals surface area contributed by atoms with E-state index in [1.54, 1.807) is 30.5 Å². The van der Waals surface area contributed by atoms with Crippen molar-refractivity contribution < 1.29 is 36.9 Å². The first-order valence-corrected chi connectivity index (χ1v) is 12.8. The Hall–Kier alpha value is -2.56. The molecule has 3 heterocycles. The van der Waals surface area contributed by atoms with Crippen LogP contribution in [0.1, 0.15) is 18.5 Å². The molecule has 1 aromatic heterocycles. The first-order chi connectivity index (χ1) is 16.5. The van der Waals surface area contributed by atoms with Crippen molar-refractivity contribution in [3.05, 3.63) is 35.2 Å². The zero-order chi connectivity index (χ0) is 25.5. The van der Waals surface area contributed by atoms with Crippen LogP contribution in [0.2, 0.25) is 0 Å². The number of urea groups is 1. The van der Waals surface area contributed by atoms with E-state index < -0.39 is 58.6 Å². The van der Waals surface area contributed by atoms with Crippen LogP contribution in [-0.4, -0.2) is 119 Å². The standard InChI is InChI=1S/C20H21N5O8S2.Na.H/c1-2-23-7-8-24(19(29)18(23)28)20(30)22-15(12-10-34-14-6-4-3-5-11(12)14)16(26)21-13-9-25(17(13)27)35(31,32)33;;/h3-6,10,13,15H,2,7-9H2,1H3,(H,21,26)(H,22,30)(H,31,32,33);;. The van der Waals surface area contributed by atoms with E-state index in [1.165, 1.54) is 16.2 Å². The molecule has 0 aliphatic carbocycles. The molecule has 0 spiro atoms. The van der Waals surface area contributed by atoms with Crippen molar-refractivity contribution in [2.45, 2.75) is 19.0 Å². The van der Waals surface area contributed by atoms with E-state index in [2.05, 4.69) is 10.6 Å². The number of rotatable bonds is 6. The number of fused-ring (bicyclic) bond motifs is 1. The third-order valence-electron chi connectivity index (χ3n) is 5.77. The Balaban J connectivity index is 0.00000361. The third-order valence-corrected chi connectivity index (χ3v) is 7.64. The van der Waals surface area contributed by atoms with Gasteiger partial charge in [-0.3, -0.25) is 28.6 Å². The van der Waals surface area contributed by atoms with E-state index >= 15 is 0 Å². The van der Waals surface area contributed by atoms with E-state index in [0.29, 0.717) is 17.5 Å². The van der Waals surface area contributed by atoms with Crippen LogP contribution in [-0.2, 0) is 29.5 Å². The maximum atomic E-state index is 13.2. The van der Waals surface area contributed by atoms with Crippen molar-refractivity contribution in [1.29, 1.82) is 0 Å². The predicted molar refractivity (Wildman–Crippen MR) is 129 cm³/mol. The minimum atomic E-state index is -4.74. The van der Waals surface area contributed by atoms with Crippen LogP contribution in [0, 0.1) is 0 Å². The summed E-state index contributed by atoms with van der Waals surface area (Å²) in [6.07, 6.45) is 0. The second kappa shape index (κ2) is 10.8. The van der Waals surface area contributed by atoms with Crippen molar-refractivity contribution in [3.8, 4) is 0 Å². The van der Waals surface area contributed by atoms with Gasteiger partial charge in [0.1, 0.15) is 12.1 Å². The summed E-state index contributed by atoms with van der Waals surface area (Å²) in [5.74, 6) is -3.72. The molecule has 2 unspecified atom stereocenters. The maximum absolute atomic E-state index is 13.2. The summed E-state index contributed by atoms with van der Waals surface area (Å²) in [5, 5.41) is 7.14. The summed E-state index contributed by atoms with van der Waals surface area (Å²) in [6.45, 7) is 1.62. The van der Waals surface area contributed by atoms with E-state index in [0.717, 1.165) is 9.60 Å². The monoisotopic (exact) mass is 547 g/mol. The van der Waals surface area contributed by atoms with Crippen LogP contribution in [0.5, 0.6) is 0 Å². The number of thiophene rings is 1. The molecule has 1 aromatic carbocycles. The van der Waals surface area contributed by atoms with Crippen LogP contribution in [0.4, 0.5) is 4.79 Å². The van der Waals surface area contributed by atoms with Crippen molar-refractivity contribution >= 4 is 90.9 Å². The van der Waals surface area contributed by atoms with E-state index in [4.69, 9.17) is 4.55 Å². The van der Waals surface area contributed by atoms with Crippen LogP contribution in [0.3, 0.4) is 0 Å². The Morgan fingerprint density at radius 2 is 1.86 bits per heavy atom. The molecule has 2 aliphatic heterocycles. The topological polar surface area (TPSA) is 173 Å². The summed E-state index contributed by atoms with van der Waals surface area (Å²) in [7, 11) is -4.74. The van der Waals surface area contributed by atoms with Crippen LogP contribution >= 0.6 is 11.3 Å². The first-order valence-electron chi connectivity index (χ1n) is 10.5. The Bertz CT molecular complexity index is 1350. The number of hydrogen-bond donors (Lipinski definition) is 3. The number of nitrogens with zero attached hydrogens (tertiary/aromatic N) is 3. The number of β-lactam (4-membered cyclic amide) rings is 1. The number of benzene rings is 1. The zero-order valence-electron chi connectivity index (χ0n) is 18.3. The fourth-order valence-corrected chi connectivity index (χ4v) is 5.52. The average molecular weight is 548 g/mol. The molecule has 13 nitrogen and oxygen atoms in total. The molecule has 2 fully saturated rings. The molecular weight excluding hydrogens is 525 g/mol. The zero-order valence-corrected chi connectivity index (χ0v) is 20.0. The quantitative estimate of drug-likeness (QED) is 0.175. The van der Waals surface area contributed by atoms with Gasteiger partial charge in [-0.1, -0.05) is 18.2 Å². The van der Waals surface area contributed by atoms with Gasteiger partial charge in [0, 0.05) is 29.9 Å². The molecule has 0 radical (unpaired) electrons. The molecule has 4 rings (SSSR count). The predicted octanol–water partition coefficient (Wildman–Crippen LogP) is -1.18. The van der Waals surface area contributed by atoms with Crippen LogP contribution < -0.4 is 10.6 Å². The van der Waals surface area contributed by atoms with Gasteiger partial charge in [-0.05, 0) is 23.8 Å². The van der Waals surface area contributed by atoms with Crippen LogP contribution in [0.25, 0.3) is 10.1 Å². The van der Waals surface area contributed by atoms with Crippen molar-refractivity contribution in [2.75, 3.05) is 26.2 Å². The molecule has 2 saturated heterocycles. The normalized spacial score (nSPS) is 19.0. The fraction of sp³-hybridized carbons (Fsp3) is 0.350. The molecule has 2 atom stereocenters. The molecule has 16 heteroatoms. The van der Waals surface area contributed by atoms with Gasteiger partial charge in [0.25, 0.3) is 5.91 Å². The number of amides is 6. The van der Waals surface area contributed by atoms with Crippen molar-refractivity contribution in [1.82, 2.24) is 24.7 Å². The van der Waals surface area contributed by atoms with E-state index in [9.17, 15) is 32.4 Å². The van der Waals surface area contributed by atoms with Gasteiger partial charge >= 0.3 is 57.7 Å². The Labute approximate surface area is 231 Å². The number of carbonyl (C=O) groups excluding carboxylic acids is 5. The number of piperazine rings is 1. The van der Waals surface area contributed by atoms with Crippen molar-refractivity contribution in [3.63, 3.8) is 0 Å². The molecule has 188 valence electrons. The number of likely N-dealkylation sites (N-methyl/N-ethyl adjacent to an activating group) is 1. The molecule has 36 heavy (non-hydrogen) atoms. The Kier molecular flexibility index (Phi) is 8.42. The van der Waals surface area contributed by atoms with Gasteiger partial charge in [-0.2, -0.15) is 8.42 Å². The van der Waals surface area contributed by atoms with E-state index in [1.807, 2.05) is 6.07 Å². The summed E-state index contributed by atoms with van der Waals surface area (Å²) in [6, 6.07) is 3.52. The molecule has 2 aliphatic rings. The summed E-state index contributed by atoms with van der Waals surface area (Å²) in [4.78, 5) is 64.9. The second-order valence-electron chi connectivity index (χ2n) is 7.82. The van der Waals surface area contributed by atoms with Gasteiger partial charge in [0.2, 0.25) is 5.91 Å². The Morgan fingerprint density at radius 1 is 1.17 bits per heavy atom. The minimum absolute atomic E-state index is 0. The first kappa shape index (κ1) is 28.0. The number of hydrogen-bond acceptors (Lipinski definition) is 8. The number of carbonyl (C=O) groups is 5. The SMILES string of the molecule is CCN1CCN(C(=O)NC(C(=O)NC2CN(S(=O)(=O)O)C2=O)c2csc3ccccc23)C(=O)C1=O.[NaH]. The van der Waals surface area contributed by atoms with E-state index in [-0.39, 0.29) is 47.0 Å². The molecule has 0 saturated carbocycles. The van der Waals surface area contributed by atoms with Gasteiger partial charge in [0.15, 0.2) is 0 Å². The number of nitrogens with one attached hydrogen (secondary N) is 2. The van der Waals surface area contributed by atoms with Crippen molar-refractivity contribution in [2.24, 2.45) is 0 Å².